The maximum absolute atomic E-state index is 12.0. The third-order valence-electron chi connectivity index (χ3n) is 2.98. The predicted octanol–water partition coefficient (Wildman–Crippen LogP) is 2.37. The van der Waals surface area contributed by atoms with Gasteiger partial charge in [0.1, 0.15) is 4.88 Å². The number of esters is 1. The average molecular weight is 294 g/mol. The van der Waals surface area contributed by atoms with Crippen molar-refractivity contribution in [3.63, 3.8) is 0 Å². The van der Waals surface area contributed by atoms with Crippen molar-refractivity contribution in [1.82, 2.24) is 20.2 Å². The third kappa shape index (κ3) is 3.22. The lowest BCUT2D eigenvalue weighted by atomic mass is 10.2. The van der Waals surface area contributed by atoms with E-state index in [2.05, 4.69) is 22.4 Å². The maximum Gasteiger partial charge on any atom is 0.348 e. The van der Waals surface area contributed by atoms with Crippen molar-refractivity contribution < 1.29 is 9.53 Å². The second kappa shape index (κ2) is 6.60. The van der Waals surface area contributed by atoms with Crippen LogP contribution >= 0.6 is 11.3 Å². The van der Waals surface area contributed by atoms with Gasteiger partial charge in [-0.15, -0.1) is 16.4 Å². The van der Waals surface area contributed by atoms with Crippen LogP contribution in [-0.4, -0.2) is 26.2 Å². The molecule has 0 N–H and O–H groups in total. The van der Waals surface area contributed by atoms with Crippen molar-refractivity contribution in [2.24, 2.45) is 0 Å². The molecule has 2 aromatic rings. The Bertz CT molecular complexity index is 591. The lowest BCUT2D eigenvalue weighted by molar-refractivity contribution is 0.0462. The molecule has 0 aliphatic carbocycles. The van der Waals surface area contributed by atoms with Gasteiger partial charge in [-0.05, 0) is 41.8 Å². The number of thiophene rings is 1. The van der Waals surface area contributed by atoms with Gasteiger partial charge in [-0.1, -0.05) is 13.8 Å². The van der Waals surface area contributed by atoms with Crippen LogP contribution in [0, 0.1) is 6.92 Å². The summed E-state index contributed by atoms with van der Waals surface area (Å²) in [5, 5.41) is 11.3. The van der Waals surface area contributed by atoms with Gasteiger partial charge in [0, 0.05) is 11.4 Å². The van der Waals surface area contributed by atoms with Gasteiger partial charge >= 0.3 is 5.97 Å². The zero-order chi connectivity index (χ0) is 14.5. The standard InChI is InChI=1S/C13H18N4O2S/c1-4-6-17-12(14-15-16-17)8-19-13(18)11-7-10(5-2)9(3)20-11/h7H,4-6,8H2,1-3H3. The molecule has 0 aliphatic rings. The van der Waals surface area contributed by atoms with E-state index in [0.29, 0.717) is 10.7 Å². The topological polar surface area (TPSA) is 69.9 Å². The second-order valence-corrected chi connectivity index (χ2v) is 5.70. The van der Waals surface area contributed by atoms with E-state index in [4.69, 9.17) is 4.74 Å². The Kier molecular flexibility index (Phi) is 4.84. The van der Waals surface area contributed by atoms with Crippen LogP contribution in [0.15, 0.2) is 6.07 Å². The number of tetrazole rings is 1. The Morgan fingerprint density at radius 3 is 2.90 bits per heavy atom. The van der Waals surface area contributed by atoms with Crippen LogP contribution in [0.5, 0.6) is 0 Å². The van der Waals surface area contributed by atoms with E-state index >= 15 is 0 Å². The van der Waals surface area contributed by atoms with Crippen molar-refractivity contribution in [1.29, 1.82) is 0 Å². The number of carbonyl (C=O) groups is 1. The van der Waals surface area contributed by atoms with Gasteiger partial charge in [0.25, 0.3) is 0 Å². The summed E-state index contributed by atoms with van der Waals surface area (Å²) in [4.78, 5) is 13.8. The lowest BCUT2D eigenvalue weighted by Crippen LogP contribution is -2.10. The molecule has 2 aromatic heterocycles. The van der Waals surface area contributed by atoms with Crippen molar-refractivity contribution in [2.75, 3.05) is 0 Å². The number of aryl methyl sites for hydroxylation is 3. The molecule has 108 valence electrons. The van der Waals surface area contributed by atoms with Crippen molar-refractivity contribution >= 4 is 17.3 Å². The Morgan fingerprint density at radius 1 is 1.45 bits per heavy atom. The van der Waals surface area contributed by atoms with Gasteiger partial charge < -0.3 is 4.74 Å². The minimum Gasteiger partial charge on any atom is -0.453 e. The van der Waals surface area contributed by atoms with Crippen LogP contribution in [0.4, 0.5) is 0 Å². The zero-order valence-electron chi connectivity index (χ0n) is 11.9. The fourth-order valence-corrected chi connectivity index (χ4v) is 2.89. The molecule has 20 heavy (non-hydrogen) atoms. The Labute approximate surface area is 121 Å². The number of nitrogens with zero attached hydrogens (tertiary/aromatic N) is 4. The Hall–Kier alpha value is -1.76. The predicted molar refractivity (Wildman–Crippen MR) is 75.7 cm³/mol. The van der Waals surface area contributed by atoms with Gasteiger partial charge in [0.05, 0.1) is 0 Å². The van der Waals surface area contributed by atoms with Crippen molar-refractivity contribution in [3.8, 4) is 0 Å². The van der Waals surface area contributed by atoms with Crippen LogP contribution in [-0.2, 0) is 24.3 Å². The molecular weight excluding hydrogens is 276 g/mol. The van der Waals surface area contributed by atoms with Crippen LogP contribution in [0.3, 0.4) is 0 Å². The molecule has 6 nitrogen and oxygen atoms in total. The molecule has 7 heteroatoms. The SMILES string of the molecule is CCCn1nnnc1COC(=O)c1cc(CC)c(C)s1. The molecular formula is C13H18N4O2S. The fraction of sp³-hybridized carbons (Fsp3) is 0.538. The van der Waals surface area contributed by atoms with Crippen LogP contribution in [0.25, 0.3) is 0 Å². The summed E-state index contributed by atoms with van der Waals surface area (Å²) in [6.45, 7) is 6.95. The van der Waals surface area contributed by atoms with E-state index in [0.717, 1.165) is 24.3 Å². The number of ether oxygens (including phenoxy) is 1. The smallest absolute Gasteiger partial charge is 0.348 e. The van der Waals surface area contributed by atoms with E-state index in [1.165, 1.54) is 16.9 Å². The highest BCUT2D eigenvalue weighted by atomic mass is 32.1. The summed E-state index contributed by atoms with van der Waals surface area (Å²) in [6.07, 6.45) is 1.85. The minimum atomic E-state index is -0.316. The first-order valence-electron chi connectivity index (χ1n) is 6.67. The Balaban J connectivity index is 1.99. The van der Waals surface area contributed by atoms with E-state index < -0.39 is 0 Å². The monoisotopic (exact) mass is 294 g/mol. The first kappa shape index (κ1) is 14.6. The molecule has 0 aromatic carbocycles. The van der Waals surface area contributed by atoms with Crippen LogP contribution in [0.2, 0.25) is 0 Å². The van der Waals surface area contributed by atoms with Gasteiger partial charge in [-0.25, -0.2) is 9.48 Å². The third-order valence-corrected chi connectivity index (χ3v) is 4.05. The number of aromatic nitrogens is 4. The molecule has 2 rings (SSSR count). The zero-order valence-corrected chi connectivity index (χ0v) is 12.7. The molecule has 0 fully saturated rings. The highest BCUT2D eigenvalue weighted by molar-refractivity contribution is 7.14. The highest BCUT2D eigenvalue weighted by Gasteiger charge is 2.15. The molecule has 2 heterocycles. The number of carbonyl (C=O) groups excluding carboxylic acids is 1. The quantitative estimate of drug-likeness (QED) is 0.765. The molecule has 0 bridgehead atoms. The van der Waals surface area contributed by atoms with E-state index in [1.807, 2.05) is 19.9 Å². The summed E-state index contributed by atoms with van der Waals surface area (Å²) >= 11 is 1.47. The molecule has 0 spiro atoms. The summed E-state index contributed by atoms with van der Waals surface area (Å²) in [6, 6.07) is 1.90. The van der Waals surface area contributed by atoms with Crippen LogP contribution < -0.4 is 0 Å². The second-order valence-electron chi connectivity index (χ2n) is 4.44. The molecule has 0 saturated carbocycles. The Morgan fingerprint density at radius 2 is 2.25 bits per heavy atom. The molecule has 0 aliphatic heterocycles. The van der Waals surface area contributed by atoms with Crippen molar-refractivity contribution in [2.45, 2.75) is 46.8 Å². The maximum atomic E-state index is 12.0. The summed E-state index contributed by atoms with van der Waals surface area (Å²) < 4.78 is 6.94. The summed E-state index contributed by atoms with van der Waals surface area (Å²) in [5.41, 5.74) is 1.19. The fourth-order valence-electron chi connectivity index (χ4n) is 1.88. The number of hydrogen-bond acceptors (Lipinski definition) is 6. The van der Waals surface area contributed by atoms with Crippen LogP contribution in [0.1, 0.15) is 46.2 Å². The van der Waals surface area contributed by atoms with E-state index in [9.17, 15) is 4.79 Å². The van der Waals surface area contributed by atoms with E-state index in [1.54, 1.807) is 4.68 Å². The largest absolute Gasteiger partial charge is 0.453 e. The van der Waals surface area contributed by atoms with Gasteiger partial charge in [-0.3, -0.25) is 0 Å². The van der Waals surface area contributed by atoms with Gasteiger partial charge in [0.2, 0.25) is 0 Å². The van der Waals surface area contributed by atoms with Gasteiger partial charge in [0.15, 0.2) is 12.4 Å². The highest BCUT2D eigenvalue weighted by Crippen LogP contribution is 2.22. The summed E-state index contributed by atoms with van der Waals surface area (Å²) in [7, 11) is 0. The normalized spacial score (nSPS) is 10.8. The number of hydrogen-bond donors (Lipinski definition) is 0. The first-order valence-corrected chi connectivity index (χ1v) is 7.48. The minimum absolute atomic E-state index is 0.101. The first-order chi connectivity index (χ1) is 9.65. The summed E-state index contributed by atoms with van der Waals surface area (Å²) in [5.74, 6) is 0.257. The molecule has 0 unspecified atom stereocenters. The molecule has 0 saturated heterocycles. The molecule has 0 amide bonds. The number of rotatable bonds is 6. The lowest BCUT2D eigenvalue weighted by Gasteiger charge is -2.03. The van der Waals surface area contributed by atoms with Crippen molar-refractivity contribution in [3.05, 3.63) is 27.2 Å². The van der Waals surface area contributed by atoms with E-state index in [-0.39, 0.29) is 12.6 Å². The molecule has 0 radical (unpaired) electrons. The average Bonchev–Trinajstić information content (AvgIpc) is 3.03. The molecule has 0 atom stereocenters. The van der Waals surface area contributed by atoms with Gasteiger partial charge in [-0.2, -0.15) is 0 Å².